The summed E-state index contributed by atoms with van der Waals surface area (Å²) in [7, 11) is 0. The molecule has 0 radical (unpaired) electrons. The molecule has 6 heteroatoms. The number of ether oxygens (including phenoxy) is 1. The van der Waals surface area contributed by atoms with Crippen molar-refractivity contribution in [2.24, 2.45) is 17.1 Å². The van der Waals surface area contributed by atoms with Crippen LogP contribution in [-0.2, 0) is 9.53 Å². The average Bonchev–Trinajstić information content (AvgIpc) is 3.17. The number of hydrogen-bond acceptors (Lipinski definition) is 3. The molecule has 3 atom stereocenters. The lowest BCUT2D eigenvalue weighted by molar-refractivity contribution is -0.127. The molecule has 2 N–H and O–H groups in total. The van der Waals surface area contributed by atoms with Crippen molar-refractivity contribution >= 4 is 11.9 Å². The number of nitrogens with zero attached hydrogens (tertiary/aromatic N) is 2. The lowest BCUT2D eigenvalue weighted by Gasteiger charge is -2.39. The molecule has 1 aliphatic carbocycles. The molecular formula is C17H27N3O3. The zero-order valence-electron chi connectivity index (χ0n) is 14.2. The summed E-state index contributed by atoms with van der Waals surface area (Å²) in [5.41, 5.74) is 5.30. The molecule has 0 spiro atoms. The van der Waals surface area contributed by atoms with E-state index in [0.29, 0.717) is 32.3 Å². The van der Waals surface area contributed by atoms with Gasteiger partial charge in [0.1, 0.15) is 0 Å². The quantitative estimate of drug-likeness (QED) is 0.616. The van der Waals surface area contributed by atoms with Gasteiger partial charge in [0.25, 0.3) is 0 Å². The Bertz CT molecular complexity index is 532. The van der Waals surface area contributed by atoms with E-state index in [9.17, 15) is 9.59 Å². The highest BCUT2D eigenvalue weighted by Crippen LogP contribution is 2.58. The van der Waals surface area contributed by atoms with E-state index < -0.39 is 6.03 Å². The Balaban J connectivity index is 1.61. The van der Waals surface area contributed by atoms with Crippen LogP contribution in [-0.4, -0.2) is 59.6 Å². The second-order valence-electron chi connectivity index (χ2n) is 7.80. The molecule has 3 amide bonds. The number of carbonyl (C=O) groups is 2. The number of rotatable bonds is 2. The van der Waals surface area contributed by atoms with Gasteiger partial charge in [-0.2, -0.15) is 0 Å². The van der Waals surface area contributed by atoms with Crippen molar-refractivity contribution in [1.82, 2.24) is 9.80 Å². The molecule has 2 saturated heterocycles. The molecule has 6 nitrogen and oxygen atoms in total. The Kier molecular flexibility index (Phi) is 3.91. The summed E-state index contributed by atoms with van der Waals surface area (Å²) in [5, 5.41) is 0. The maximum atomic E-state index is 12.4. The Morgan fingerprint density at radius 2 is 1.74 bits per heavy atom. The molecule has 0 bridgehead atoms. The van der Waals surface area contributed by atoms with Gasteiger partial charge in [0, 0.05) is 32.1 Å². The highest BCUT2D eigenvalue weighted by Gasteiger charge is 2.63. The molecule has 128 valence electrons. The fourth-order valence-corrected chi connectivity index (χ4v) is 4.21. The van der Waals surface area contributed by atoms with Crippen LogP contribution in [0, 0.1) is 11.3 Å². The van der Waals surface area contributed by atoms with Gasteiger partial charge in [-0.25, -0.2) is 4.79 Å². The average molecular weight is 321 g/mol. The molecule has 1 saturated carbocycles. The number of fused-ring (bicyclic) bond motifs is 1. The van der Waals surface area contributed by atoms with Crippen LogP contribution in [0.2, 0.25) is 0 Å². The summed E-state index contributed by atoms with van der Waals surface area (Å²) in [6.07, 6.45) is 6.31. The fraction of sp³-hybridized carbons (Fsp3) is 0.765. The first-order valence-electron chi connectivity index (χ1n) is 8.43. The van der Waals surface area contributed by atoms with Crippen molar-refractivity contribution in [3.63, 3.8) is 0 Å². The minimum atomic E-state index is -0.415. The Morgan fingerprint density at radius 3 is 2.35 bits per heavy atom. The van der Waals surface area contributed by atoms with Crippen LogP contribution in [0.5, 0.6) is 0 Å². The van der Waals surface area contributed by atoms with Crippen LogP contribution in [0.4, 0.5) is 4.79 Å². The van der Waals surface area contributed by atoms with Crippen molar-refractivity contribution in [1.29, 1.82) is 0 Å². The van der Waals surface area contributed by atoms with Crippen LogP contribution < -0.4 is 5.73 Å². The molecule has 2 heterocycles. The maximum Gasteiger partial charge on any atom is 0.314 e. The zero-order chi connectivity index (χ0) is 16.8. The maximum absolute atomic E-state index is 12.4. The highest BCUT2D eigenvalue weighted by molar-refractivity contribution is 5.88. The van der Waals surface area contributed by atoms with Gasteiger partial charge in [0.15, 0.2) is 0 Å². The molecule has 0 aromatic carbocycles. The van der Waals surface area contributed by atoms with Crippen molar-refractivity contribution in [2.75, 3.05) is 26.2 Å². The van der Waals surface area contributed by atoms with Gasteiger partial charge in [-0.05, 0) is 31.3 Å². The third kappa shape index (κ3) is 2.96. The number of urea groups is 1. The van der Waals surface area contributed by atoms with E-state index in [1.54, 1.807) is 15.9 Å². The molecule has 3 unspecified atom stereocenters. The third-order valence-electron chi connectivity index (χ3n) is 5.82. The second-order valence-corrected chi connectivity index (χ2v) is 7.80. The Morgan fingerprint density at radius 1 is 1.13 bits per heavy atom. The number of nitrogens with two attached hydrogens (primary N) is 1. The molecule has 3 fully saturated rings. The zero-order valence-corrected chi connectivity index (χ0v) is 14.2. The minimum absolute atomic E-state index is 0.0105. The van der Waals surface area contributed by atoms with Crippen LogP contribution in [0.25, 0.3) is 0 Å². The van der Waals surface area contributed by atoms with Crippen molar-refractivity contribution in [3.8, 4) is 0 Å². The summed E-state index contributed by atoms with van der Waals surface area (Å²) < 4.78 is 5.90. The lowest BCUT2D eigenvalue weighted by atomic mass is 9.64. The van der Waals surface area contributed by atoms with Crippen LogP contribution >= 0.6 is 0 Å². The first-order valence-corrected chi connectivity index (χ1v) is 8.43. The summed E-state index contributed by atoms with van der Waals surface area (Å²) >= 11 is 0. The number of amides is 3. The number of primary amides is 1. The summed E-state index contributed by atoms with van der Waals surface area (Å²) in [5.74, 6) is 0.265. The van der Waals surface area contributed by atoms with Crippen molar-refractivity contribution < 1.29 is 14.3 Å². The van der Waals surface area contributed by atoms with Crippen LogP contribution in [0.1, 0.15) is 33.6 Å². The van der Waals surface area contributed by atoms with E-state index in [1.807, 2.05) is 6.08 Å². The van der Waals surface area contributed by atoms with E-state index in [2.05, 4.69) is 20.8 Å². The van der Waals surface area contributed by atoms with Crippen molar-refractivity contribution in [3.05, 3.63) is 12.2 Å². The Hall–Kier alpha value is -1.56. The van der Waals surface area contributed by atoms with Crippen LogP contribution in [0.3, 0.4) is 0 Å². The van der Waals surface area contributed by atoms with Gasteiger partial charge in [0.05, 0.1) is 11.7 Å². The van der Waals surface area contributed by atoms with Gasteiger partial charge < -0.3 is 20.3 Å². The number of epoxide rings is 1. The van der Waals surface area contributed by atoms with Gasteiger partial charge in [-0.1, -0.05) is 19.9 Å². The standard InChI is InChI=1S/C17H27N3O3/c1-16(2)7-6-13-17(3,23-13)12(16)4-5-14(21)19-8-10-20(11-9-19)15(18)22/h4-5,12-13H,6-11H2,1-3H3,(H2,18,22). The molecule has 0 aromatic rings. The van der Waals surface area contributed by atoms with Gasteiger partial charge >= 0.3 is 6.03 Å². The van der Waals surface area contributed by atoms with E-state index in [1.165, 1.54) is 0 Å². The number of carbonyl (C=O) groups excluding carboxylic acids is 2. The van der Waals surface area contributed by atoms with Crippen molar-refractivity contribution in [2.45, 2.75) is 45.3 Å². The topological polar surface area (TPSA) is 79.2 Å². The second kappa shape index (κ2) is 5.51. The highest BCUT2D eigenvalue weighted by atomic mass is 16.6. The van der Waals surface area contributed by atoms with E-state index >= 15 is 0 Å². The monoisotopic (exact) mass is 321 g/mol. The predicted octanol–water partition coefficient (Wildman–Crippen LogP) is 1.36. The van der Waals surface area contributed by atoms with E-state index in [0.717, 1.165) is 12.8 Å². The van der Waals surface area contributed by atoms with E-state index in [4.69, 9.17) is 10.5 Å². The molecule has 3 rings (SSSR count). The fourth-order valence-electron chi connectivity index (χ4n) is 4.21. The Labute approximate surface area is 137 Å². The summed E-state index contributed by atoms with van der Waals surface area (Å²) in [6, 6.07) is -0.415. The number of piperazine rings is 1. The molecule has 3 aliphatic rings. The van der Waals surface area contributed by atoms with Gasteiger partial charge in [0.2, 0.25) is 5.91 Å². The lowest BCUT2D eigenvalue weighted by Crippen LogP contribution is -2.51. The van der Waals surface area contributed by atoms with Crippen LogP contribution in [0.15, 0.2) is 12.2 Å². The van der Waals surface area contributed by atoms with Gasteiger partial charge in [-0.15, -0.1) is 0 Å². The SMILES string of the molecule is CC1(C)CCC2OC2(C)C1C=CC(=O)N1CCN(C(N)=O)CC1. The molecule has 23 heavy (non-hydrogen) atoms. The smallest absolute Gasteiger partial charge is 0.314 e. The first-order chi connectivity index (χ1) is 10.7. The largest absolute Gasteiger partial charge is 0.366 e. The number of hydrogen-bond donors (Lipinski definition) is 1. The van der Waals surface area contributed by atoms with E-state index in [-0.39, 0.29) is 22.8 Å². The third-order valence-corrected chi connectivity index (χ3v) is 5.82. The normalized spacial score (nSPS) is 36.0. The molecule has 2 aliphatic heterocycles. The minimum Gasteiger partial charge on any atom is -0.366 e. The summed E-state index contributed by atoms with van der Waals surface area (Å²) in [4.78, 5) is 26.9. The first kappa shape index (κ1) is 16.3. The van der Waals surface area contributed by atoms with Gasteiger partial charge in [-0.3, -0.25) is 4.79 Å². The molecule has 0 aromatic heterocycles. The summed E-state index contributed by atoms with van der Waals surface area (Å²) in [6.45, 7) is 8.75. The predicted molar refractivity (Wildman–Crippen MR) is 86.7 cm³/mol. The molecular weight excluding hydrogens is 294 g/mol.